The zero-order valence-corrected chi connectivity index (χ0v) is 40.1. The fourth-order valence-electron chi connectivity index (χ4n) is 12.5. The number of rotatable bonds is 6. The molecule has 2 nitrogen and oxygen atoms in total. The SMILES string of the molecule is CC(C)c1ccc(N2c3cccc4c3B(c3ccc(-c5cc(C(C)C)ccc5-c5ccccc5)cc3N4c3ccccc3)c3sc4c(c32)-c2ccccc2C42c3ccccc3-c3ccccc32)cc1. The van der Waals surface area contributed by atoms with Crippen molar-refractivity contribution in [3.05, 3.63) is 245 Å². The molecule has 0 saturated carbocycles. The van der Waals surface area contributed by atoms with E-state index in [-0.39, 0.29) is 6.71 Å². The molecule has 4 aliphatic rings. The molecule has 0 saturated heterocycles. The Morgan fingerprint density at radius 1 is 0.420 bits per heavy atom. The van der Waals surface area contributed by atoms with Gasteiger partial charge in [-0.15, -0.1) is 11.3 Å². The van der Waals surface area contributed by atoms with Gasteiger partial charge in [0.05, 0.1) is 11.1 Å². The molecular formula is C65H49BN2S. The van der Waals surface area contributed by atoms with Crippen molar-refractivity contribution >= 4 is 67.9 Å². The number of anilines is 6. The van der Waals surface area contributed by atoms with E-state index in [0.717, 1.165) is 5.69 Å². The van der Waals surface area contributed by atoms with Gasteiger partial charge in [-0.25, -0.2) is 0 Å². The van der Waals surface area contributed by atoms with Crippen molar-refractivity contribution in [1.29, 1.82) is 0 Å². The summed E-state index contributed by atoms with van der Waals surface area (Å²) in [7, 11) is 0. The highest BCUT2D eigenvalue weighted by Gasteiger charge is 2.56. The molecule has 328 valence electrons. The lowest BCUT2D eigenvalue weighted by molar-refractivity contribution is 0.811. The molecule has 14 rings (SSSR count). The van der Waals surface area contributed by atoms with Crippen LogP contribution in [0.2, 0.25) is 0 Å². The molecule has 0 unspecified atom stereocenters. The monoisotopic (exact) mass is 900 g/mol. The van der Waals surface area contributed by atoms with Gasteiger partial charge in [-0.05, 0) is 132 Å². The summed E-state index contributed by atoms with van der Waals surface area (Å²) in [5.41, 5.74) is 26.7. The van der Waals surface area contributed by atoms with Gasteiger partial charge >= 0.3 is 0 Å². The first-order chi connectivity index (χ1) is 33.9. The zero-order valence-electron chi connectivity index (χ0n) is 39.2. The first kappa shape index (κ1) is 40.4. The summed E-state index contributed by atoms with van der Waals surface area (Å²) < 4.78 is 1.40. The van der Waals surface area contributed by atoms with Crippen LogP contribution in [-0.4, -0.2) is 6.71 Å². The van der Waals surface area contributed by atoms with Crippen LogP contribution in [0.25, 0.3) is 44.5 Å². The van der Waals surface area contributed by atoms with Crippen LogP contribution in [0.1, 0.15) is 72.2 Å². The Morgan fingerprint density at radius 2 is 0.986 bits per heavy atom. The van der Waals surface area contributed by atoms with Crippen molar-refractivity contribution in [2.75, 3.05) is 9.80 Å². The number of fused-ring (bicyclic) bond motifs is 15. The maximum atomic E-state index is 2.64. The van der Waals surface area contributed by atoms with E-state index in [1.165, 1.54) is 121 Å². The number of benzene rings is 9. The largest absolute Gasteiger partial charge is 0.311 e. The van der Waals surface area contributed by atoms with Crippen molar-refractivity contribution in [3.63, 3.8) is 0 Å². The molecule has 69 heavy (non-hydrogen) atoms. The summed E-state index contributed by atoms with van der Waals surface area (Å²) in [6.07, 6.45) is 0. The van der Waals surface area contributed by atoms with Gasteiger partial charge in [-0.3, -0.25) is 0 Å². The van der Waals surface area contributed by atoms with Crippen LogP contribution < -0.4 is 25.5 Å². The molecule has 0 radical (unpaired) electrons. The quantitative estimate of drug-likeness (QED) is 0.153. The van der Waals surface area contributed by atoms with Gasteiger partial charge in [0.2, 0.25) is 0 Å². The normalized spacial score (nSPS) is 14.1. The highest BCUT2D eigenvalue weighted by Crippen LogP contribution is 2.67. The Labute approximate surface area is 409 Å². The average Bonchev–Trinajstić information content (AvgIpc) is 4.03. The first-order valence-corrected chi connectivity index (χ1v) is 25.4. The van der Waals surface area contributed by atoms with E-state index in [4.69, 9.17) is 0 Å². The van der Waals surface area contributed by atoms with Crippen molar-refractivity contribution in [1.82, 2.24) is 0 Å². The van der Waals surface area contributed by atoms with Crippen molar-refractivity contribution in [2.24, 2.45) is 0 Å². The van der Waals surface area contributed by atoms with Crippen LogP contribution in [0, 0.1) is 0 Å². The van der Waals surface area contributed by atoms with Crippen LogP contribution in [0.4, 0.5) is 34.1 Å². The number of nitrogens with zero attached hydrogens (tertiary/aromatic N) is 2. The van der Waals surface area contributed by atoms with Crippen LogP contribution in [0.15, 0.2) is 212 Å². The third-order valence-corrected chi connectivity index (χ3v) is 17.0. The smallest absolute Gasteiger partial charge is 0.264 e. The van der Waals surface area contributed by atoms with Crippen LogP contribution >= 0.6 is 11.3 Å². The Hall–Kier alpha value is -7.66. The summed E-state index contributed by atoms with van der Waals surface area (Å²) in [5.74, 6) is 0.831. The molecule has 0 atom stereocenters. The fourth-order valence-corrected chi connectivity index (χ4v) is 14.2. The van der Waals surface area contributed by atoms with Gasteiger partial charge in [-0.2, -0.15) is 0 Å². The predicted molar refractivity (Wildman–Crippen MR) is 294 cm³/mol. The second kappa shape index (κ2) is 15.2. The van der Waals surface area contributed by atoms with Gasteiger partial charge in [0, 0.05) is 43.7 Å². The lowest BCUT2D eigenvalue weighted by atomic mass is 9.36. The summed E-state index contributed by atoms with van der Waals surface area (Å²) >= 11 is 2.06. The van der Waals surface area contributed by atoms with Gasteiger partial charge in [0.15, 0.2) is 0 Å². The third kappa shape index (κ3) is 5.61. The first-order valence-electron chi connectivity index (χ1n) is 24.6. The van der Waals surface area contributed by atoms with E-state index >= 15 is 0 Å². The number of thiophene rings is 1. The average molecular weight is 901 g/mol. The summed E-state index contributed by atoms with van der Waals surface area (Å²) in [6, 6.07) is 80.7. The zero-order chi connectivity index (χ0) is 46.1. The number of hydrogen-bond acceptors (Lipinski definition) is 3. The second-order valence-corrected chi connectivity index (χ2v) is 21.0. The molecule has 0 fully saturated rings. The standard InChI is InChI=1S/C65H49BN2S/c1-40(2)42-30-34-47(35-31-42)68-58-29-17-28-57-61(58)66(64-62(68)60-51-24-13-16-27-55(51)65(63(60)69-64)53-25-14-11-22-49(53)50-23-12-15-26-54(50)65)56-37-33-45(39-59(56)67(57)46-20-9-6-10-21-46)52-38-44(41(3)4)32-36-48(52)43-18-7-5-8-19-43/h5-41H,1-4H3. The van der Waals surface area contributed by atoms with Crippen molar-refractivity contribution < 1.29 is 0 Å². The van der Waals surface area contributed by atoms with Crippen LogP contribution in [0.3, 0.4) is 0 Å². The molecule has 2 aliphatic carbocycles. The third-order valence-electron chi connectivity index (χ3n) is 15.6. The number of para-hydroxylation sites is 1. The van der Waals surface area contributed by atoms with Crippen LogP contribution in [-0.2, 0) is 5.41 Å². The molecule has 3 heterocycles. The van der Waals surface area contributed by atoms with E-state index in [0.29, 0.717) is 11.8 Å². The highest BCUT2D eigenvalue weighted by molar-refractivity contribution is 7.30. The predicted octanol–water partition coefficient (Wildman–Crippen LogP) is 15.8. The van der Waals surface area contributed by atoms with E-state index < -0.39 is 5.41 Å². The molecular weight excluding hydrogens is 852 g/mol. The summed E-state index contributed by atoms with van der Waals surface area (Å²) in [4.78, 5) is 6.61. The Bertz CT molecular complexity index is 3650. The van der Waals surface area contributed by atoms with E-state index in [1.807, 2.05) is 0 Å². The van der Waals surface area contributed by atoms with Gasteiger partial charge in [0.1, 0.15) is 0 Å². The fraction of sp³-hybridized carbons (Fsp3) is 0.108. The van der Waals surface area contributed by atoms with Crippen LogP contribution in [0.5, 0.6) is 0 Å². The van der Waals surface area contributed by atoms with Gasteiger partial charge < -0.3 is 9.80 Å². The molecule has 0 bridgehead atoms. The molecule has 1 spiro atoms. The van der Waals surface area contributed by atoms with E-state index in [1.54, 1.807) is 0 Å². The molecule has 10 aromatic rings. The minimum atomic E-state index is -0.448. The summed E-state index contributed by atoms with van der Waals surface area (Å²) in [6.45, 7) is 9.16. The minimum Gasteiger partial charge on any atom is -0.311 e. The topological polar surface area (TPSA) is 6.48 Å². The molecule has 0 N–H and O–H groups in total. The maximum Gasteiger partial charge on any atom is 0.264 e. The van der Waals surface area contributed by atoms with Gasteiger partial charge in [-0.1, -0.05) is 198 Å². The molecule has 0 amide bonds. The van der Waals surface area contributed by atoms with Gasteiger partial charge in [0.25, 0.3) is 6.71 Å². The second-order valence-electron chi connectivity index (χ2n) is 19.9. The molecule has 2 aliphatic heterocycles. The summed E-state index contributed by atoms with van der Waals surface area (Å²) in [5, 5.41) is 0. The Morgan fingerprint density at radius 3 is 1.65 bits per heavy atom. The molecule has 4 heteroatoms. The minimum absolute atomic E-state index is 0.0105. The van der Waals surface area contributed by atoms with Crippen molar-refractivity contribution in [3.8, 4) is 44.5 Å². The molecule has 9 aromatic carbocycles. The lowest BCUT2D eigenvalue weighted by Crippen LogP contribution is -2.60. The number of hydrogen-bond donors (Lipinski definition) is 0. The Kier molecular flexibility index (Phi) is 8.89. The van der Waals surface area contributed by atoms with Crippen molar-refractivity contribution in [2.45, 2.75) is 44.9 Å². The maximum absolute atomic E-state index is 2.64. The Balaban J connectivity index is 1.09. The van der Waals surface area contributed by atoms with E-state index in [2.05, 4.69) is 261 Å². The highest BCUT2D eigenvalue weighted by atomic mass is 32.1. The van der Waals surface area contributed by atoms with E-state index in [9.17, 15) is 0 Å². The lowest BCUT2D eigenvalue weighted by Gasteiger charge is -2.43. The molecule has 1 aromatic heterocycles.